The summed E-state index contributed by atoms with van der Waals surface area (Å²) >= 11 is 5.97. The maximum absolute atomic E-state index is 10.8. The van der Waals surface area contributed by atoms with Gasteiger partial charge in [0.1, 0.15) is 6.04 Å². The van der Waals surface area contributed by atoms with E-state index >= 15 is 0 Å². The Morgan fingerprint density at radius 1 is 1.57 bits per heavy atom. The van der Waals surface area contributed by atoms with Crippen LogP contribution in [0.2, 0.25) is 5.02 Å². The molecule has 0 saturated heterocycles. The molecule has 110 valence electrons. The number of nitrogens with zero attached hydrogens (tertiary/aromatic N) is 4. The number of halogens is 1. The third kappa shape index (κ3) is 3.33. The van der Waals surface area contributed by atoms with Crippen molar-refractivity contribution in [3.8, 4) is 5.69 Å². The first kappa shape index (κ1) is 14.9. The molecular weight excluding hydrogens is 302 g/mol. The lowest BCUT2D eigenvalue weighted by Gasteiger charge is -2.03. The molecule has 1 aromatic heterocycles. The van der Waals surface area contributed by atoms with Gasteiger partial charge in [-0.05, 0) is 6.07 Å². The molecule has 0 fully saturated rings. The van der Waals surface area contributed by atoms with Crippen molar-refractivity contribution < 1.29 is 14.8 Å². The monoisotopic (exact) mass is 311 g/mol. The minimum absolute atomic E-state index is 0.0120. The third-order valence-electron chi connectivity index (χ3n) is 2.67. The number of carboxylic acid groups (broad SMARTS) is 1. The van der Waals surface area contributed by atoms with Gasteiger partial charge < -0.3 is 10.8 Å². The van der Waals surface area contributed by atoms with Gasteiger partial charge in [0.25, 0.3) is 5.69 Å². The van der Waals surface area contributed by atoms with Gasteiger partial charge >= 0.3 is 5.97 Å². The number of hydrogen-bond donors (Lipinski definition) is 2. The van der Waals surface area contributed by atoms with Crippen LogP contribution in [0, 0.1) is 10.1 Å². The fourth-order valence-corrected chi connectivity index (χ4v) is 1.82. The van der Waals surface area contributed by atoms with Crippen molar-refractivity contribution in [2.45, 2.75) is 12.5 Å². The standard InChI is InChI=1S/C11H10ClN5O4/c12-8-2-1-7(17(20)21)4-10(8)16-5-6(14-15-16)3-9(13)11(18)19/h1-2,4-5,9H,3,13H2,(H,18,19). The Morgan fingerprint density at radius 2 is 2.29 bits per heavy atom. The van der Waals surface area contributed by atoms with Crippen LogP contribution in [0.1, 0.15) is 5.69 Å². The SMILES string of the molecule is NC(Cc1cn(-c2cc([N+](=O)[O-])ccc2Cl)nn1)C(=O)O. The van der Waals surface area contributed by atoms with Crippen LogP contribution in [0.25, 0.3) is 5.69 Å². The van der Waals surface area contributed by atoms with Gasteiger partial charge in [-0.15, -0.1) is 5.10 Å². The van der Waals surface area contributed by atoms with E-state index < -0.39 is 16.9 Å². The highest BCUT2D eigenvalue weighted by Crippen LogP contribution is 2.25. The van der Waals surface area contributed by atoms with Crippen molar-refractivity contribution in [3.05, 3.63) is 45.2 Å². The summed E-state index contributed by atoms with van der Waals surface area (Å²) in [5, 5.41) is 27.3. The zero-order valence-electron chi connectivity index (χ0n) is 10.5. The molecule has 10 heteroatoms. The highest BCUT2D eigenvalue weighted by Gasteiger charge is 2.16. The number of carboxylic acids is 1. The minimum atomic E-state index is -1.15. The van der Waals surface area contributed by atoms with E-state index in [1.807, 2.05) is 0 Å². The molecule has 0 radical (unpaired) electrons. The maximum atomic E-state index is 10.8. The van der Waals surface area contributed by atoms with E-state index in [9.17, 15) is 14.9 Å². The van der Waals surface area contributed by atoms with E-state index in [-0.39, 0.29) is 22.8 Å². The number of rotatable bonds is 5. The topological polar surface area (TPSA) is 137 Å². The van der Waals surface area contributed by atoms with Crippen molar-refractivity contribution in [2.75, 3.05) is 0 Å². The summed E-state index contributed by atoms with van der Waals surface area (Å²) in [6.07, 6.45) is 1.41. The molecule has 0 saturated carbocycles. The van der Waals surface area contributed by atoms with E-state index in [0.717, 1.165) is 0 Å². The Bertz CT molecular complexity index is 702. The molecule has 1 heterocycles. The average molecular weight is 312 g/mol. The van der Waals surface area contributed by atoms with Crippen molar-refractivity contribution in [1.29, 1.82) is 0 Å². The Labute approximate surface area is 123 Å². The minimum Gasteiger partial charge on any atom is -0.480 e. The zero-order valence-corrected chi connectivity index (χ0v) is 11.3. The fourth-order valence-electron chi connectivity index (χ4n) is 1.61. The normalized spacial score (nSPS) is 12.1. The number of nitrogens with two attached hydrogens (primary N) is 1. The summed E-state index contributed by atoms with van der Waals surface area (Å²) in [4.78, 5) is 20.9. The van der Waals surface area contributed by atoms with E-state index in [2.05, 4.69) is 10.3 Å². The second kappa shape index (κ2) is 5.85. The maximum Gasteiger partial charge on any atom is 0.320 e. The number of aliphatic carboxylic acids is 1. The van der Waals surface area contributed by atoms with E-state index in [0.29, 0.717) is 5.69 Å². The molecule has 21 heavy (non-hydrogen) atoms. The molecule has 1 aromatic carbocycles. The van der Waals surface area contributed by atoms with Gasteiger partial charge in [-0.25, -0.2) is 4.68 Å². The van der Waals surface area contributed by atoms with Crippen LogP contribution in [0.5, 0.6) is 0 Å². The first-order chi connectivity index (χ1) is 9.88. The average Bonchev–Trinajstić information content (AvgIpc) is 2.87. The number of non-ortho nitro benzene ring substituents is 1. The van der Waals surface area contributed by atoms with E-state index in [1.54, 1.807) is 0 Å². The van der Waals surface area contributed by atoms with Crippen LogP contribution in [0.4, 0.5) is 5.69 Å². The van der Waals surface area contributed by atoms with Crippen LogP contribution in [-0.2, 0) is 11.2 Å². The summed E-state index contributed by atoms with van der Waals surface area (Å²) < 4.78 is 1.24. The first-order valence-corrected chi connectivity index (χ1v) is 6.10. The van der Waals surface area contributed by atoms with Gasteiger partial charge in [0.2, 0.25) is 0 Å². The Balaban J connectivity index is 2.31. The van der Waals surface area contributed by atoms with Gasteiger partial charge in [-0.2, -0.15) is 0 Å². The first-order valence-electron chi connectivity index (χ1n) is 5.72. The number of aromatic nitrogens is 3. The molecule has 2 rings (SSSR count). The van der Waals surface area contributed by atoms with Crippen molar-refractivity contribution in [2.24, 2.45) is 5.73 Å². The predicted octanol–water partition coefficient (Wildman–Crippen LogP) is 0.783. The van der Waals surface area contributed by atoms with Crippen molar-refractivity contribution in [3.63, 3.8) is 0 Å². The smallest absolute Gasteiger partial charge is 0.320 e. The van der Waals surface area contributed by atoms with Crippen LogP contribution in [-0.4, -0.2) is 37.0 Å². The largest absolute Gasteiger partial charge is 0.480 e. The number of nitro groups is 1. The quantitative estimate of drug-likeness (QED) is 0.614. The molecule has 2 aromatic rings. The molecule has 0 aliphatic heterocycles. The third-order valence-corrected chi connectivity index (χ3v) is 2.99. The van der Waals surface area contributed by atoms with Crippen LogP contribution >= 0.6 is 11.6 Å². The molecular formula is C11H10ClN5O4. The molecule has 1 atom stereocenters. The summed E-state index contributed by atoms with van der Waals surface area (Å²) in [5.74, 6) is -1.15. The molecule has 3 N–H and O–H groups in total. The summed E-state index contributed by atoms with van der Waals surface area (Å²) in [6, 6.07) is 2.79. The number of hydrogen-bond acceptors (Lipinski definition) is 6. The van der Waals surface area contributed by atoms with Crippen LogP contribution < -0.4 is 5.73 Å². The Kier molecular flexibility index (Phi) is 4.15. The van der Waals surface area contributed by atoms with Gasteiger partial charge in [-0.3, -0.25) is 14.9 Å². The van der Waals surface area contributed by atoms with E-state index in [4.69, 9.17) is 22.4 Å². The molecule has 0 aliphatic carbocycles. The second-order valence-electron chi connectivity index (χ2n) is 4.20. The van der Waals surface area contributed by atoms with Gasteiger partial charge in [0.15, 0.2) is 0 Å². The molecule has 0 bridgehead atoms. The van der Waals surface area contributed by atoms with Gasteiger partial charge in [0.05, 0.1) is 27.5 Å². The lowest BCUT2D eigenvalue weighted by molar-refractivity contribution is -0.384. The summed E-state index contributed by atoms with van der Waals surface area (Å²) in [7, 11) is 0. The van der Waals surface area contributed by atoms with Crippen molar-refractivity contribution >= 4 is 23.3 Å². The molecule has 1 unspecified atom stereocenters. The number of benzene rings is 1. The van der Waals surface area contributed by atoms with Gasteiger partial charge in [0, 0.05) is 18.6 Å². The van der Waals surface area contributed by atoms with Gasteiger partial charge in [-0.1, -0.05) is 16.8 Å². The Hall–Kier alpha value is -2.52. The highest BCUT2D eigenvalue weighted by atomic mass is 35.5. The summed E-state index contributed by atoms with van der Waals surface area (Å²) in [6.45, 7) is 0. The number of carbonyl (C=O) groups is 1. The molecule has 0 amide bonds. The molecule has 9 nitrogen and oxygen atoms in total. The van der Waals surface area contributed by atoms with Crippen LogP contribution in [0.3, 0.4) is 0 Å². The molecule has 0 spiro atoms. The Morgan fingerprint density at radius 3 is 2.90 bits per heavy atom. The van der Waals surface area contributed by atoms with Crippen LogP contribution in [0.15, 0.2) is 24.4 Å². The highest BCUT2D eigenvalue weighted by molar-refractivity contribution is 6.32. The lowest BCUT2D eigenvalue weighted by Crippen LogP contribution is -2.32. The van der Waals surface area contributed by atoms with Crippen molar-refractivity contribution in [1.82, 2.24) is 15.0 Å². The zero-order chi connectivity index (χ0) is 15.6. The number of nitro benzene ring substituents is 1. The van der Waals surface area contributed by atoms with E-state index in [1.165, 1.54) is 29.1 Å². The summed E-state index contributed by atoms with van der Waals surface area (Å²) in [5.41, 5.74) is 5.87. The fraction of sp³-hybridized carbons (Fsp3) is 0.182. The molecule has 0 aliphatic rings. The predicted molar refractivity (Wildman–Crippen MR) is 72.3 cm³/mol. The lowest BCUT2D eigenvalue weighted by atomic mass is 10.2. The second-order valence-corrected chi connectivity index (χ2v) is 4.60.